The van der Waals surface area contributed by atoms with Gasteiger partial charge in [0.15, 0.2) is 17.5 Å². The van der Waals surface area contributed by atoms with Gasteiger partial charge in [-0.05, 0) is 30.7 Å². The molecule has 7 heteroatoms. The second-order valence-electron chi connectivity index (χ2n) is 4.91. The van der Waals surface area contributed by atoms with Crippen LogP contribution in [0.5, 0.6) is 0 Å². The molecule has 1 aliphatic heterocycles. The fraction of sp³-hybridized carbons (Fsp3) is 0.462. The molecule has 2 N–H and O–H groups in total. The zero-order valence-corrected chi connectivity index (χ0v) is 10.5. The minimum Gasteiger partial charge on any atom is -0.481 e. The Balaban J connectivity index is 2.03. The van der Waals surface area contributed by atoms with Gasteiger partial charge in [-0.25, -0.2) is 13.2 Å². The Hall–Kier alpha value is -1.60. The van der Waals surface area contributed by atoms with Gasteiger partial charge in [0.25, 0.3) is 0 Å². The van der Waals surface area contributed by atoms with E-state index in [-0.39, 0.29) is 25.1 Å². The fourth-order valence-electron chi connectivity index (χ4n) is 2.39. The average molecular weight is 289 g/mol. The molecular formula is C13H14F3NO3. The number of aliphatic hydroxyl groups excluding tert-OH is 1. The third-order valence-electron chi connectivity index (χ3n) is 3.43. The molecule has 2 rings (SSSR count). The maximum Gasteiger partial charge on any atom is 0.309 e. The molecule has 110 valence electrons. The first-order chi connectivity index (χ1) is 9.38. The number of benzene rings is 1. The van der Waals surface area contributed by atoms with Gasteiger partial charge in [-0.3, -0.25) is 9.69 Å². The predicted molar refractivity (Wildman–Crippen MR) is 63.3 cm³/mol. The average Bonchev–Trinajstić information content (AvgIpc) is 2.35. The first-order valence-corrected chi connectivity index (χ1v) is 6.15. The molecule has 0 aromatic heterocycles. The van der Waals surface area contributed by atoms with Crippen molar-refractivity contribution in [2.24, 2.45) is 5.92 Å². The van der Waals surface area contributed by atoms with Gasteiger partial charge in [0.05, 0.1) is 12.0 Å². The van der Waals surface area contributed by atoms with E-state index in [9.17, 15) is 23.1 Å². The van der Waals surface area contributed by atoms with E-state index in [2.05, 4.69) is 0 Å². The van der Waals surface area contributed by atoms with Crippen molar-refractivity contribution in [1.82, 2.24) is 4.90 Å². The van der Waals surface area contributed by atoms with Crippen molar-refractivity contribution in [3.05, 3.63) is 35.1 Å². The van der Waals surface area contributed by atoms with Crippen LogP contribution in [0.3, 0.4) is 0 Å². The van der Waals surface area contributed by atoms with Gasteiger partial charge in [-0.1, -0.05) is 0 Å². The van der Waals surface area contributed by atoms with E-state index in [4.69, 9.17) is 5.11 Å². The van der Waals surface area contributed by atoms with Crippen molar-refractivity contribution in [1.29, 1.82) is 0 Å². The molecule has 1 fully saturated rings. The van der Waals surface area contributed by atoms with Crippen molar-refractivity contribution < 1.29 is 28.2 Å². The van der Waals surface area contributed by atoms with Crippen LogP contribution in [0.25, 0.3) is 0 Å². The third kappa shape index (κ3) is 3.10. The standard InChI is InChI=1S/C13H14F3NO3/c14-9-3-7(4-10(15)12(9)16)5-17-2-1-8(13(19)20)11(18)6-17/h3-4,8,11,18H,1-2,5-6H2,(H,19,20)/t8-,11+/m0/s1. The third-order valence-corrected chi connectivity index (χ3v) is 3.43. The molecule has 0 bridgehead atoms. The van der Waals surface area contributed by atoms with Crippen molar-refractivity contribution in [3.63, 3.8) is 0 Å². The minimum atomic E-state index is -1.52. The number of piperidine rings is 1. The van der Waals surface area contributed by atoms with E-state index in [1.807, 2.05) is 0 Å². The number of aliphatic carboxylic acids is 1. The number of halogens is 3. The lowest BCUT2D eigenvalue weighted by molar-refractivity contribution is -0.148. The lowest BCUT2D eigenvalue weighted by atomic mass is 9.94. The highest BCUT2D eigenvalue weighted by Crippen LogP contribution is 2.21. The topological polar surface area (TPSA) is 60.8 Å². The molecule has 0 aliphatic carbocycles. The number of hydrogen-bond acceptors (Lipinski definition) is 3. The van der Waals surface area contributed by atoms with Crippen LogP contribution in [0.4, 0.5) is 13.2 Å². The Labute approximate surface area is 113 Å². The number of nitrogens with zero attached hydrogens (tertiary/aromatic N) is 1. The molecule has 4 nitrogen and oxygen atoms in total. The molecule has 1 saturated heterocycles. The fourth-order valence-corrected chi connectivity index (χ4v) is 2.39. The van der Waals surface area contributed by atoms with E-state index < -0.39 is 35.4 Å². The van der Waals surface area contributed by atoms with Crippen molar-refractivity contribution >= 4 is 5.97 Å². The molecule has 0 radical (unpaired) electrons. The van der Waals surface area contributed by atoms with E-state index in [1.54, 1.807) is 4.90 Å². The number of likely N-dealkylation sites (tertiary alicyclic amines) is 1. The number of aliphatic hydroxyl groups is 1. The Morgan fingerprint density at radius 2 is 1.90 bits per heavy atom. The van der Waals surface area contributed by atoms with Gasteiger partial charge in [-0.15, -0.1) is 0 Å². The second kappa shape index (κ2) is 5.80. The summed E-state index contributed by atoms with van der Waals surface area (Å²) in [5.74, 6) is -5.93. The summed E-state index contributed by atoms with van der Waals surface area (Å²) in [6.45, 7) is 0.601. The Kier molecular flexibility index (Phi) is 4.29. The first-order valence-electron chi connectivity index (χ1n) is 6.15. The largest absolute Gasteiger partial charge is 0.481 e. The molecule has 0 unspecified atom stereocenters. The summed E-state index contributed by atoms with van der Waals surface area (Å²) in [6.07, 6.45) is -0.778. The number of carbonyl (C=O) groups is 1. The molecule has 2 atom stereocenters. The number of β-amino-alcohol motifs (C(OH)–C–C–N with tert-alkyl or cyclic N) is 1. The number of carboxylic acid groups (broad SMARTS) is 1. The Morgan fingerprint density at radius 1 is 1.30 bits per heavy atom. The van der Waals surface area contributed by atoms with Crippen LogP contribution in [0.2, 0.25) is 0 Å². The molecule has 20 heavy (non-hydrogen) atoms. The maximum absolute atomic E-state index is 13.1. The van der Waals surface area contributed by atoms with Gasteiger partial charge in [0.1, 0.15) is 0 Å². The van der Waals surface area contributed by atoms with E-state index in [0.717, 1.165) is 12.1 Å². The SMILES string of the molecule is O=C(O)[C@H]1CCN(Cc2cc(F)c(F)c(F)c2)C[C@H]1O. The highest BCUT2D eigenvalue weighted by molar-refractivity contribution is 5.70. The van der Waals surface area contributed by atoms with Crippen LogP contribution >= 0.6 is 0 Å². The summed E-state index contributed by atoms with van der Waals surface area (Å²) in [6, 6.07) is 1.79. The highest BCUT2D eigenvalue weighted by atomic mass is 19.2. The van der Waals surface area contributed by atoms with Crippen molar-refractivity contribution in [2.45, 2.75) is 19.1 Å². The number of rotatable bonds is 3. The molecular weight excluding hydrogens is 275 g/mol. The van der Waals surface area contributed by atoms with Crippen LogP contribution in [0.1, 0.15) is 12.0 Å². The second-order valence-corrected chi connectivity index (χ2v) is 4.91. The van der Waals surface area contributed by atoms with Gasteiger partial charge in [0.2, 0.25) is 0 Å². The van der Waals surface area contributed by atoms with E-state index >= 15 is 0 Å². The number of hydrogen-bond donors (Lipinski definition) is 2. The summed E-state index contributed by atoms with van der Waals surface area (Å²) in [5, 5.41) is 18.6. The van der Waals surface area contributed by atoms with Crippen LogP contribution < -0.4 is 0 Å². The lowest BCUT2D eigenvalue weighted by Crippen LogP contribution is -2.46. The van der Waals surface area contributed by atoms with Gasteiger partial charge in [-0.2, -0.15) is 0 Å². The molecule has 1 aliphatic rings. The van der Waals surface area contributed by atoms with Crippen molar-refractivity contribution in [2.75, 3.05) is 13.1 Å². The highest BCUT2D eigenvalue weighted by Gasteiger charge is 2.32. The van der Waals surface area contributed by atoms with Crippen LogP contribution in [0, 0.1) is 23.4 Å². The first kappa shape index (κ1) is 14.8. The van der Waals surface area contributed by atoms with Crippen LogP contribution in [0.15, 0.2) is 12.1 Å². The smallest absolute Gasteiger partial charge is 0.309 e. The zero-order valence-electron chi connectivity index (χ0n) is 10.5. The summed E-state index contributed by atoms with van der Waals surface area (Å²) >= 11 is 0. The van der Waals surface area contributed by atoms with Crippen LogP contribution in [-0.2, 0) is 11.3 Å². The summed E-state index contributed by atoms with van der Waals surface area (Å²) in [4.78, 5) is 12.5. The zero-order chi connectivity index (χ0) is 14.9. The normalized spacial score (nSPS) is 23.8. The maximum atomic E-state index is 13.1. The van der Waals surface area contributed by atoms with Gasteiger partial charge in [0, 0.05) is 13.1 Å². The van der Waals surface area contributed by atoms with Gasteiger partial charge < -0.3 is 10.2 Å². The molecule has 1 aromatic carbocycles. The molecule has 0 spiro atoms. The monoisotopic (exact) mass is 289 g/mol. The van der Waals surface area contributed by atoms with E-state index in [0.29, 0.717) is 6.54 Å². The lowest BCUT2D eigenvalue weighted by Gasteiger charge is -2.33. The van der Waals surface area contributed by atoms with Crippen LogP contribution in [-0.4, -0.2) is 40.3 Å². The van der Waals surface area contributed by atoms with Crippen molar-refractivity contribution in [3.8, 4) is 0 Å². The predicted octanol–water partition coefficient (Wildman–Crippen LogP) is 1.37. The molecule has 0 saturated carbocycles. The Bertz CT molecular complexity index is 501. The quantitative estimate of drug-likeness (QED) is 0.825. The molecule has 1 heterocycles. The minimum absolute atomic E-state index is 0.0948. The van der Waals surface area contributed by atoms with Gasteiger partial charge >= 0.3 is 5.97 Å². The summed E-state index contributed by atoms with van der Waals surface area (Å²) in [7, 11) is 0. The summed E-state index contributed by atoms with van der Waals surface area (Å²) in [5.41, 5.74) is 0.238. The molecule has 1 aromatic rings. The number of carboxylic acids is 1. The Morgan fingerprint density at radius 3 is 2.40 bits per heavy atom. The summed E-state index contributed by atoms with van der Waals surface area (Å²) < 4.78 is 39.0. The van der Waals surface area contributed by atoms with E-state index in [1.165, 1.54) is 0 Å². The molecule has 0 amide bonds.